The highest BCUT2D eigenvalue weighted by Crippen LogP contribution is 2.40. The van der Waals surface area contributed by atoms with Crippen LogP contribution in [0.15, 0.2) is 24.3 Å². The van der Waals surface area contributed by atoms with Gasteiger partial charge in [0.2, 0.25) is 0 Å². The van der Waals surface area contributed by atoms with Crippen LogP contribution in [0.4, 0.5) is 0 Å². The first kappa shape index (κ1) is 10.2. The van der Waals surface area contributed by atoms with Crippen molar-refractivity contribution >= 4 is 5.97 Å². The van der Waals surface area contributed by atoms with Crippen LogP contribution in [0, 0.1) is 0 Å². The molecule has 0 amide bonds. The van der Waals surface area contributed by atoms with Crippen molar-refractivity contribution in [2.24, 2.45) is 0 Å². The predicted molar refractivity (Wildman–Crippen MR) is 55.6 cm³/mol. The van der Waals surface area contributed by atoms with E-state index < -0.39 is 12.1 Å². The van der Waals surface area contributed by atoms with E-state index in [4.69, 9.17) is 5.11 Å². The van der Waals surface area contributed by atoms with Gasteiger partial charge in [0, 0.05) is 0 Å². The maximum absolute atomic E-state index is 10.4. The molecule has 1 aromatic carbocycles. The van der Waals surface area contributed by atoms with Crippen LogP contribution in [0.3, 0.4) is 0 Å². The molecule has 0 spiro atoms. The molecule has 1 aliphatic rings. The summed E-state index contributed by atoms with van der Waals surface area (Å²) in [5, 5.41) is 18.1. The molecule has 0 aliphatic heterocycles. The summed E-state index contributed by atoms with van der Waals surface area (Å²) in [4.78, 5) is 10.4. The average Bonchev–Trinajstić information content (AvgIpc) is 3.00. The molecule has 0 aromatic heterocycles. The van der Waals surface area contributed by atoms with E-state index in [0.717, 1.165) is 0 Å². The zero-order chi connectivity index (χ0) is 10.8. The molecule has 3 heteroatoms. The summed E-state index contributed by atoms with van der Waals surface area (Å²) in [7, 11) is 0. The molecular formula is C12H14O3. The molecule has 0 radical (unpaired) electrons. The summed E-state index contributed by atoms with van der Waals surface area (Å²) in [6.45, 7) is 0. The second-order valence-corrected chi connectivity index (χ2v) is 4.05. The molecule has 3 nitrogen and oxygen atoms in total. The maximum atomic E-state index is 10.4. The van der Waals surface area contributed by atoms with Crippen LogP contribution < -0.4 is 0 Å². The van der Waals surface area contributed by atoms with Crippen LogP contribution in [-0.2, 0) is 4.79 Å². The molecule has 2 rings (SSSR count). The van der Waals surface area contributed by atoms with E-state index in [0.29, 0.717) is 11.5 Å². The average molecular weight is 206 g/mol. The fraction of sp³-hybridized carbons (Fsp3) is 0.417. The summed E-state index contributed by atoms with van der Waals surface area (Å²) in [6.07, 6.45) is 1.37. The Hall–Kier alpha value is -1.35. The third kappa shape index (κ3) is 2.57. The molecule has 1 atom stereocenters. The highest BCUT2D eigenvalue weighted by Gasteiger charge is 2.23. The van der Waals surface area contributed by atoms with E-state index in [-0.39, 0.29) is 6.42 Å². The number of hydrogen-bond acceptors (Lipinski definition) is 2. The Kier molecular flexibility index (Phi) is 2.73. The number of aliphatic hydroxyl groups is 1. The van der Waals surface area contributed by atoms with Gasteiger partial charge in [-0.25, -0.2) is 0 Å². The minimum atomic E-state index is -0.978. The monoisotopic (exact) mass is 206 g/mol. The van der Waals surface area contributed by atoms with Crippen molar-refractivity contribution in [2.45, 2.75) is 31.3 Å². The number of aliphatic carboxylic acids is 1. The Balaban J connectivity index is 2.05. The van der Waals surface area contributed by atoms with Crippen LogP contribution in [0.25, 0.3) is 0 Å². The smallest absolute Gasteiger partial charge is 0.306 e. The van der Waals surface area contributed by atoms with Gasteiger partial charge in [-0.2, -0.15) is 0 Å². The number of rotatable bonds is 4. The summed E-state index contributed by atoms with van der Waals surface area (Å²) >= 11 is 0. The van der Waals surface area contributed by atoms with E-state index in [2.05, 4.69) is 0 Å². The molecule has 0 bridgehead atoms. The normalized spacial score (nSPS) is 17.4. The maximum Gasteiger partial charge on any atom is 0.306 e. The van der Waals surface area contributed by atoms with Crippen LogP contribution in [0.1, 0.15) is 42.4 Å². The molecule has 0 heterocycles. The van der Waals surface area contributed by atoms with Crippen molar-refractivity contribution in [1.82, 2.24) is 0 Å². The van der Waals surface area contributed by atoms with Gasteiger partial charge in [-0.15, -0.1) is 0 Å². The molecule has 1 aliphatic carbocycles. The molecule has 0 unspecified atom stereocenters. The zero-order valence-electron chi connectivity index (χ0n) is 8.39. The lowest BCUT2D eigenvalue weighted by Gasteiger charge is -2.08. The molecular weight excluding hydrogens is 192 g/mol. The molecule has 15 heavy (non-hydrogen) atoms. The van der Waals surface area contributed by atoms with Gasteiger partial charge >= 0.3 is 5.97 Å². The van der Waals surface area contributed by atoms with Gasteiger partial charge in [-0.3, -0.25) is 4.79 Å². The second-order valence-electron chi connectivity index (χ2n) is 4.05. The van der Waals surface area contributed by atoms with Gasteiger partial charge in [0.05, 0.1) is 12.5 Å². The van der Waals surface area contributed by atoms with Crippen molar-refractivity contribution in [2.75, 3.05) is 0 Å². The summed E-state index contributed by atoms with van der Waals surface area (Å²) in [5.74, 6) is -0.288. The quantitative estimate of drug-likeness (QED) is 0.792. The first-order valence-corrected chi connectivity index (χ1v) is 5.16. The third-order valence-corrected chi connectivity index (χ3v) is 2.74. The number of benzene rings is 1. The molecule has 1 fully saturated rings. The minimum absolute atomic E-state index is 0.233. The fourth-order valence-electron chi connectivity index (χ4n) is 1.69. The van der Waals surface area contributed by atoms with E-state index in [1.807, 2.05) is 24.3 Å². The first-order valence-electron chi connectivity index (χ1n) is 5.16. The van der Waals surface area contributed by atoms with Gasteiger partial charge in [0.1, 0.15) is 0 Å². The van der Waals surface area contributed by atoms with Crippen LogP contribution in [0.5, 0.6) is 0 Å². The van der Waals surface area contributed by atoms with Gasteiger partial charge in [0.15, 0.2) is 0 Å². The van der Waals surface area contributed by atoms with Crippen molar-refractivity contribution < 1.29 is 15.0 Å². The second kappa shape index (κ2) is 4.03. The van der Waals surface area contributed by atoms with Crippen LogP contribution >= 0.6 is 0 Å². The predicted octanol–water partition coefficient (Wildman–Crippen LogP) is 2.07. The fourth-order valence-corrected chi connectivity index (χ4v) is 1.69. The van der Waals surface area contributed by atoms with E-state index in [1.54, 1.807) is 0 Å². The summed E-state index contributed by atoms with van der Waals surface area (Å²) in [6, 6.07) is 7.61. The van der Waals surface area contributed by atoms with Crippen molar-refractivity contribution in [1.29, 1.82) is 0 Å². The number of hydrogen-bond donors (Lipinski definition) is 2. The molecule has 2 N–H and O–H groups in total. The van der Waals surface area contributed by atoms with Gasteiger partial charge in [-0.05, 0) is 29.9 Å². The summed E-state index contributed by atoms with van der Waals surface area (Å²) < 4.78 is 0. The Bertz CT molecular complexity index is 352. The topological polar surface area (TPSA) is 57.5 Å². The Labute approximate surface area is 88.4 Å². The molecule has 0 saturated heterocycles. The van der Waals surface area contributed by atoms with Crippen molar-refractivity contribution in [3.63, 3.8) is 0 Å². The minimum Gasteiger partial charge on any atom is -0.481 e. The summed E-state index contributed by atoms with van der Waals surface area (Å²) in [5.41, 5.74) is 1.98. The lowest BCUT2D eigenvalue weighted by Crippen LogP contribution is -2.05. The lowest BCUT2D eigenvalue weighted by atomic mass is 10.0. The van der Waals surface area contributed by atoms with Gasteiger partial charge in [-0.1, -0.05) is 24.3 Å². The first-order chi connectivity index (χ1) is 7.16. The zero-order valence-corrected chi connectivity index (χ0v) is 8.39. The number of carbonyl (C=O) groups is 1. The van der Waals surface area contributed by atoms with Crippen LogP contribution in [0.2, 0.25) is 0 Å². The standard InChI is InChI=1S/C12H14O3/c13-11(7-12(14)15)10-5-3-9(4-6-10)8-1-2-8/h3-6,8,11,13H,1-2,7H2,(H,14,15)/t11-/m1/s1. The molecule has 80 valence electrons. The Morgan fingerprint density at radius 2 is 1.93 bits per heavy atom. The van der Waals surface area contributed by atoms with Crippen molar-refractivity contribution in [3.8, 4) is 0 Å². The third-order valence-electron chi connectivity index (χ3n) is 2.74. The van der Waals surface area contributed by atoms with E-state index >= 15 is 0 Å². The molecule has 1 saturated carbocycles. The van der Waals surface area contributed by atoms with Crippen molar-refractivity contribution in [3.05, 3.63) is 35.4 Å². The highest BCUT2D eigenvalue weighted by molar-refractivity contribution is 5.67. The largest absolute Gasteiger partial charge is 0.481 e. The number of carboxylic acid groups (broad SMARTS) is 1. The van der Waals surface area contributed by atoms with Gasteiger partial charge in [0.25, 0.3) is 0 Å². The number of carboxylic acids is 1. The van der Waals surface area contributed by atoms with Gasteiger partial charge < -0.3 is 10.2 Å². The number of aliphatic hydroxyl groups excluding tert-OH is 1. The Morgan fingerprint density at radius 1 is 1.33 bits per heavy atom. The lowest BCUT2D eigenvalue weighted by molar-refractivity contribution is -0.139. The van der Waals surface area contributed by atoms with E-state index in [1.165, 1.54) is 18.4 Å². The SMILES string of the molecule is O=C(O)C[C@@H](O)c1ccc(C2CC2)cc1. The highest BCUT2D eigenvalue weighted by atomic mass is 16.4. The Morgan fingerprint density at radius 3 is 2.40 bits per heavy atom. The molecule has 1 aromatic rings. The van der Waals surface area contributed by atoms with E-state index in [9.17, 15) is 9.90 Å². The van der Waals surface area contributed by atoms with Crippen LogP contribution in [-0.4, -0.2) is 16.2 Å².